The fourth-order valence-electron chi connectivity index (χ4n) is 2.20. The van der Waals surface area contributed by atoms with E-state index in [4.69, 9.17) is 33.7 Å². The molecule has 26 heavy (non-hydrogen) atoms. The summed E-state index contributed by atoms with van der Waals surface area (Å²) < 4.78 is 5.20. The van der Waals surface area contributed by atoms with Crippen LogP contribution in [0, 0.1) is 6.92 Å². The van der Waals surface area contributed by atoms with E-state index in [1.165, 1.54) is 18.2 Å². The molecule has 0 unspecified atom stereocenters. The van der Waals surface area contributed by atoms with Crippen molar-refractivity contribution in [1.82, 2.24) is 0 Å². The Kier molecular flexibility index (Phi) is 6.28. The number of nitrogens with one attached hydrogen (secondary N) is 1. The highest BCUT2D eigenvalue weighted by Gasteiger charge is 2.27. The molecule has 2 aromatic rings. The van der Waals surface area contributed by atoms with Crippen LogP contribution in [0.2, 0.25) is 10.0 Å². The van der Waals surface area contributed by atoms with Gasteiger partial charge >= 0.3 is 5.97 Å². The zero-order chi connectivity index (χ0) is 19.6. The van der Waals surface area contributed by atoms with Gasteiger partial charge in [0.2, 0.25) is 0 Å². The van der Waals surface area contributed by atoms with E-state index in [1.54, 1.807) is 20.8 Å². The summed E-state index contributed by atoms with van der Waals surface area (Å²) in [5.74, 6) is -1.91. The lowest BCUT2D eigenvalue weighted by atomic mass is 10.1. The van der Waals surface area contributed by atoms with Crippen LogP contribution in [-0.2, 0) is 4.74 Å². The maximum absolute atomic E-state index is 12.5. The monoisotopic (exact) mass is 414 g/mol. The zero-order valence-corrected chi connectivity index (χ0v) is 16.5. The van der Waals surface area contributed by atoms with E-state index in [9.17, 15) is 14.4 Å². The Bertz CT molecular complexity index is 893. The summed E-state index contributed by atoms with van der Waals surface area (Å²) in [6, 6.07) is 4.41. The minimum atomic E-state index is -0.698. The van der Waals surface area contributed by atoms with E-state index in [2.05, 4.69) is 5.32 Å². The van der Waals surface area contributed by atoms with E-state index in [0.29, 0.717) is 10.6 Å². The summed E-state index contributed by atoms with van der Waals surface area (Å²) >= 11 is 12.8. The molecule has 0 aliphatic heterocycles. The molecule has 2 rings (SSSR count). The highest BCUT2D eigenvalue weighted by atomic mass is 35.5. The molecule has 0 atom stereocenters. The van der Waals surface area contributed by atoms with Crippen LogP contribution in [0.3, 0.4) is 0 Å². The van der Waals surface area contributed by atoms with Crippen LogP contribution in [-0.4, -0.2) is 23.9 Å². The van der Waals surface area contributed by atoms with Crippen LogP contribution in [0.4, 0.5) is 5.00 Å². The van der Waals surface area contributed by atoms with Crippen LogP contribution in [0.1, 0.15) is 49.8 Å². The number of thiophene rings is 1. The number of halogens is 2. The molecular weight excluding hydrogens is 399 g/mol. The summed E-state index contributed by atoms with van der Waals surface area (Å²) in [7, 11) is 0. The Morgan fingerprint density at radius 3 is 2.42 bits per heavy atom. The number of rotatable bonds is 5. The number of carbonyl (C=O) groups is 3. The van der Waals surface area contributed by atoms with Gasteiger partial charge in [0.05, 0.1) is 27.1 Å². The van der Waals surface area contributed by atoms with E-state index in [1.807, 2.05) is 0 Å². The van der Waals surface area contributed by atoms with Crippen molar-refractivity contribution in [3.63, 3.8) is 0 Å². The number of benzene rings is 1. The molecule has 0 bridgehead atoms. The summed E-state index contributed by atoms with van der Waals surface area (Å²) in [5.41, 5.74) is 5.97. The van der Waals surface area contributed by atoms with Gasteiger partial charge in [0.25, 0.3) is 11.8 Å². The molecule has 0 saturated heterocycles. The molecule has 2 amide bonds. The largest absolute Gasteiger partial charge is 0.459 e. The van der Waals surface area contributed by atoms with Gasteiger partial charge in [0, 0.05) is 5.02 Å². The van der Waals surface area contributed by atoms with Crippen molar-refractivity contribution in [1.29, 1.82) is 0 Å². The van der Waals surface area contributed by atoms with Crippen molar-refractivity contribution >= 4 is 57.3 Å². The molecular formula is C17H16Cl2N2O4S. The molecule has 0 fully saturated rings. The minimum Gasteiger partial charge on any atom is -0.459 e. The van der Waals surface area contributed by atoms with Gasteiger partial charge in [-0.3, -0.25) is 9.59 Å². The van der Waals surface area contributed by atoms with E-state index in [0.717, 1.165) is 11.3 Å². The lowest BCUT2D eigenvalue weighted by Gasteiger charge is -2.11. The third-order valence-corrected chi connectivity index (χ3v) is 5.09. The predicted octanol–water partition coefficient (Wildman–Crippen LogP) is 4.28. The van der Waals surface area contributed by atoms with Gasteiger partial charge in [-0.2, -0.15) is 0 Å². The van der Waals surface area contributed by atoms with E-state index in [-0.39, 0.29) is 32.1 Å². The predicted molar refractivity (Wildman–Crippen MR) is 103 cm³/mol. The van der Waals surface area contributed by atoms with Gasteiger partial charge in [-0.05, 0) is 44.5 Å². The van der Waals surface area contributed by atoms with Gasteiger partial charge in [-0.1, -0.05) is 23.2 Å². The first-order chi connectivity index (χ1) is 12.1. The molecule has 1 aromatic carbocycles. The number of hydrogen-bond acceptors (Lipinski definition) is 5. The lowest BCUT2D eigenvalue weighted by molar-refractivity contribution is 0.0379. The third kappa shape index (κ3) is 4.35. The minimum absolute atomic E-state index is 0.0935. The van der Waals surface area contributed by atoms with Gasteiger partial charge in [-0.15, -0.1) is 11.3 Å². The van der Waals surface area contributed by atoms with Crippen LogP contribution in [0.15, 0.2) is 18.2 Å². The average molecular weight is 415 g/mol. The average Bonchev–Trinajstić information content (AvgIpc) is 2.82. The van der Waals surface area contributed by atoms with Gasteiger partial charge in [0.1, 0.15) is 5.00 Å². The Hall–Kier alpha value is -2.09. The highest BCUT2D eigenvalue weighted by molar-refractivity contribution is 7.18. The van der Waals surface area contributed by atoms with Crippen molar-refractivity contribution in [2.24, 2.45) is 5.73 Å². The number of ether oxygens (including phenoxy) is 1. The first-order valence-electron chi connectivity index (χ1n) is 7.52. The zero-order valence-electron chi connectivity index (χ0n) is 14.2. The first kappa shape index (κ1) is 20.2. The second-order valence-electron chi connectivity index (χ2n) is 5.66. The summed E-state index contributed by atoms with van der Waals surface area (Å²) in [6.07, 6.45) is -0.368. The quantitative estimate of drug-likeness (QED) is 0.712. The molecule has 6 nitrogen and oxygen atoms in total. The Balaban J connectivity index is 2.44. The van der Waals surface area contributed by atoms with Crippen molar-refractivity contribution in [3.8, 4) is 0 Å². The molecule has 0 aliphatic carbocycles. The van der Waals surface area contributed by atoms with Crippen LogP contribution in [0.5, 0.6) is 0 Å². The second kappa shape index (κ2) is 8.07. The molecule has 0 saturated carbocycles. The normalized spacial score (nSPS) is 10.7. The maximum atomic E-state index is 12.5. The Labute approximate surface area is 164 Å². The first-order valence-corrected chi connectivity index (χ1v) is 9.09. The fourth-order valence-corrected chi connectivity index (χ4v) is 3.74. The van der Waals surface area contributed by atoms with E-state index >= 15 is 0 Å². The Morgan fingerprint density at radius 1 is 1.23 bits per heavy atom. The lowest BCUT2D eigenvalue weighted by Crippen LogP contribution is -2.17. The van der Waals surface area contributed by atoms with Crippen molar-refractivity contribution in [2.75, 3.05) is 5.32 Å². The van der Waals surface area contributed by atoms with Crippen molar-refractivity contribution < 1.29 is 19.1 Å². The number of nitrogens with two attached hydrogens (primary N) is 1. The van der Waals surface area contributed by atoms with Crippen LogP contribution in [0.25, 0.3) is 0 Å². The van der Waals surface area contributed by atoms with E-state index < -0.39 is 17.8 Å². The standard InChI is InChI=1S/C17H16Cl2N2O4S/c1-7(2)25-17(24)12-8(3)13(14(20)22)26-16(12)21-15(23)10-5-4-9(18)6-11(10)19/h4-7H,1-3H3,(H2,20,22)(H,21,23). The SMILES string of the molecule is Cc1c(C(N)=O)sc(NC(=O)c2ccc(Cl)cc2Cl)c1C(=O)OC(C)C. The molecule has 0 aliphatic rings. The van der Waals surface area contributed by atoms with Gasteiger partial charge in [-0.25, -0.2) is 4.79 Å². The van der Waals surface area contributed by atoms with Crippen molar-refractivity contribution in [2.45, 2.75) is 26.9 Å². The Morgan fingerprint density at radius 2 is 1.88 bits per heavy atom. The molecule has 1 aromatic heterocycles. The fraction of sp³-hybridized carbons (Fsp3) is 0.235. The topological polar surface area (TPSA) is 98.5 Å². The van der Waals surface area contributed by atoms with Gasteiger partial charge < -0.3 is 15.8 Å². The molecule has 9 heteroatoms. The molecule has 3 N–H and O–H groups in total. The number of anilines is 1. The highest BCUT2D eigenvalue weighted by Crippen LogP contribution is 2.34. The molecule has 0 radical (unpaired) electrons. The number of primary amides is 1. The number of carbonyl (C=O) groups excluding carboxylic acids is 3. The second-order valence-corrected chi connectivity index (χ2v) is 7.52. The number of esters is 1. The maximum Gasteiger partial charge on any atom is 0.341 e. The van der Waals surface area contributed by atoms with Crippen LogP contribution >= 0.6 is 34.5 Å². The number of amides is 2. The third-order valence-electron chi connectivity index (χ3n) is 3.32. The van der Waals surface area contributed by atoms with Crippen LogP contribution < -0.4 is 11.1 Å². The van der Waals surface area contributed by atoms with Gasteiger partial charge in [0.15, 0.2) is 0 Å². The summed E-state index contributed by atoms with van der Waals surface area (Å²) in [5, 5.41) is 3.31. The summed E-state index contributed by atoms with van der Waals surface area (Å²) in [6.45, 7) is 4.96. The van der Waals surface area contributed by atoms with Crippen molar-refractivity contribution in [3.05, 3.63) is 49.8 Å². The smallest absolute Gasteiger partial charge is 0.341 e. The molecule has 1 heterocycles. The molecule has 0 spiro atoms. The summed E-state index contributed by atoms with van der Waals surface area (Å²) in [4.78, 5) is 36.7. The molecule has 138 valence electrons. The number of hydrogen-bond donors (Lipinski definition) is 2.